The second-order valence-electron chi connectivity index (χ2n) is 21.3. The zero-order valence-electron chi connectivity index (χ0n) is 35.7. The van der Waals surface area contributed by atoms with E-state index in [1.807, 2.05) is 38.1 Å². The maximum absolute atomic E-state index is 13.9. The molecule has 0 bridgehead atoms. The molecule has 0 aromatic heterocycles. The van der Waals surface area contributed by atoms with Gasteiger partial charge in [0.1, 0.15) is 6.10 Å². The first kappa shape index (κ1) is 41.5. The van der Waals surface area contributed by atoms with E-state index in [2.05, 4.69) is 65.3 Å². The summed E-state index contributed by atoms with van der Waals surface area (Å²) in [5.74, 6) is 2.70. The number of aliphatic carboxylic acids is 1. The lowest BCUT2D eigenvalue weighted by molar-refractivity contribution is -0.249. The van der Waals surface area contributed by atoms with Gasteiger partial charge >= 0.3 is 5.97 Å². The number of benzene rings is 1. The van der Waals surface area contributed by atoms with Crippen LogP contribution in [-0.4, -0.2) is 29.0 Å². The van der Waals surface area contributed by atoms with Crippen LogP contribution in [-0.2, 0) is 25.7 Å². The van der Waals surface area contributed by atoms with E-state index in [4.69, 9.17) is 4.74 Å². The number of carboxylic acids is 1. The molecule has 0 heterocycles. The first-order valence-electron chi connectivity index (χ1n) is 21.4. The summed E-state index contributed by atoms with van der Waals surface area (Å²) >= 11 is 0. The molecule has 5 aliphatic carbocycles. The zero-order valence-corrected chi connectivity index (χ0v) is 35.7. The van der Waals surface area contributed by atoms with Crippen molar-refractivity contribution in [2.45, 2.75) is 158 Å². The third-order valence-corrected chi connectivity index (χ3v) is 17.1. The van der Waals surface area contributed by atoms with Gasteiger partial charge in [0.15, 0.2) is 0 Å². The van der Waals surface area contributed by atoms with Crippen molar-refractivity contribution in [1.82, 2.24) is 5.32 Å². The van der Waals surface area contributed by atoms with Gasteiger partial charge in [-0.25, -0.2) is 0 Å². The fourth-order valence-corrected chi connectivity index (χ4v) is 14.5. The lowest BCUT2D eigenvalue weighted by Gasteiger charge is -2.73. The number of hydrogen-bond acceptors (Lipinski definition) is 4. The van der Waals surface area contributed by atoms with Crippen LogP contribution >= 0.6 is 0 Å². The quantitative estimate of drug-likeness (QED) is 0.145. The molecule has 5 aliphatic rings. The highest BCUT2D eigenvalue weighted by Crippen LogP contribution is 2.78. The number of ether oxygens (including phenoxy) is 1. The highest BCUT2D eigenvalue weighted by molar-refractivity contribution is 5.88. The summed E-state index contributed by atoms with van der Waals surface area (Å²) in [6, 6.07) is 7.74. The normalized spacial score (nSPS) is 37.6. The van der Waals surface area contributed by atoms with Crippen LogP contribution in [0.3, 0.4) is 0 Å². The summed E-state index contributed by atoms with van der Waals surface area (Å²) in [7, 11) is 0. The molecule has 2 amide bonds. The minimum absolute atomic E-state index is 0.0102. The van der Waals surface area contributed by atoms with Crippen molar-refractivity contribution in [3.8, 4) is 0 Å². The Labute approximate surface area is 332 Å². The Hall–Kier alpha value is -3.09. The Bertz CT molecular complexity index is 1680. The van der Waals surface area contributed by atoms with E-state index in [0.717, 1.165) is 49.1 Å². The van der Waals surface area contributed by atoms with Gasteiger partial charge in [0, 0.05) is 37.4 Å². The molecule has 5 fully saturated rings. The second-order valence-corrected chi connectivity index (χ2v) is 21.3. The Balaban J connectivity index is 1.18. The van der Waals surface area contributed by atoms with E-state index in [9.17, 15) is 19.5 Å². The number of carboxylic acid groups (broad SMARTS) is 1. The fraction of sp³-hybridized carbons (Fsp3) is 0.729. The van der Waals surface area contributed by atoms with Gasteiger partial charge in [0.05, 0.1) is 12.2 Å². The van der Waals surface area contributed by atoms with Crippen LogP contribution in [0.2, 0.25) is 0 Å². The number of allylic oxidation sites excluding steroid dienone is 2. The van der Waals surface area contributed by atoms with E-state index < -0.39 is 11.4 Å². The number of fused-ring (bicyclic) bond motifs is 7. The number of amides is 2. The standard InChI is InChI=1S/C48H72N2O5/c1-30(2)35-18-23-48(27-40(52)49-29-33-12-14-34(15-13-33)50-32(4)51)25-24-46(10)36(42(35)48)16-17-38-45(9)21-20-39(44(7,8)37(45)19-22-47(38,46)11)55-31(3)26-43(5,6)28-41(53)54/h12-15,35-39,42H,1,3,16-29H2,2,4-11H3,(H,49,52)(H,50,51)(H,53,54)/t35?,36-,37?,38?,39+,42?,45+,46-,47-,48-/m1/s1. The van der Waals surface area contributed by atoms with Gasteiger partial charge in [0.25, 0.3) is 0 Å². The fourth-order valence-electron chi connectivity index (χ4n) is 14.5. The number of carbonyl (C=O) groups excluding carboxylic acids is 2. The molecule has 7 heteroatoms. The SMILES string of the molecule is C=C(CC(C)(C)CC(=O)O)O[C@H]1CC[C@@]2(C)C(CC[C@]3(C)C2CC[C@@H]2C4C(C(=C)C)CC[C@]4(CC(=O)NCc4ccc(NC(C)=O)cc4)CC[C@]23C)C1(C)C. The predicted molar refractivity (Wildman–Crippen MR) is 221 cm³/mol. The molecule has 10 atom stereocenters. The summed E-state index contributed by atoms with van der Waals surface area (Å²) in [6.07, 6.45) is 12.9. The van der Waals surface area contributed by atoms with Crippen LogP contribution in [0.1, 0.15) is 151 Å². The molecular formula is C48H72N2O5. The molecule has 0 saturated heterocycles. The molecule has 3 N–H and O–H groups in total. The Morgan fingerprint density at radius 3 is 2.16 bits per heavy atom. The van der Waals surface area contributed by atoms with E-state index >= 15 is 0 Å². The summed E-state index contributed by atoms with van der Waals surface area (Å²) in [6.45, 7) is 29.9. The minimum Gasteiger partial charge on any atom is -0.495 e. The molecule has 0 radical (unpaired) electrons. The zero-order chi connectivity index (χ0) is 40.4. The van der Waals surface area contributed by atoms with Crippen LogP contribution in [0.15, 0.2) is 48.8 Å². The maximum Gasteiger partial charge on any atom is 0.303 e. The van der Waals surface area contributed by atoms with Crippen molar-refractivity contribution >= 4 is 23.5 Å². The summed E-state index contributed by atoms with van der Waals surface area (Å²) in [5, 5.41) is 15.5. The molecular weight excluding hydrogens is 685 g/mol. The van der Waals surface area contributed by atoms with Gasteiger partial charge in [-0.3, -0.25) is 14.4 Å². The van der Waals surface area contributed by atoms with Crippen LogP contribution in [0.4, 0.5) is 5.69 Å². The molecule has 304 valence electrons. The molecule has 6 rings (SSSR count). The third kappa shape index (κ3) is 7.44. The van der Waals surface area contributed by atoms with Crippen LogP contribution in [0, 0.1) is 62.1 Å². The highest BCUT2D eigenvalue weighted by atomic mass is 16.5. The van der Waals surface area contributed by atoms with Crippen LogP contribution < -0.4 is 10.6 Å². The lowest BCUT2D eigenvalue weighted by Crippen LogP contribution is -2.66. The molecule has 1 aromatic carbocycles. The monoisotopic (exact) mass is 757 g/mol. The van der Waals surface area contributed by atoms with E-state index in [1.54, 1.807) is 0 Å². The van der Waals surface area contributed by atoms with Gasteiger partial charge in [0.2, 0.25) is 11.8 Å². The summed E-state index contributed by atoms with van der Waals surface area (Å²) in [4.78, 5) is 36.8. The third-order valence-electron chi connectivity index (χ3n) is 17.1. The van der Waals surface area contributed by atoms with Gasteiger partial charge in [-0.05, 0) is 145 Å². The Kier molecular flexibility index (Phi) is 11.1. The first-order chi connectivity index (χ1) is 25.6. The number of rotatable bonds is 12. The van der Waals surface area contributed by atoms with E-state index in [1.165, 1.54) is 44.6 Å². The Morgan fingerprint density at radius 1 is 0.836 bits per heavy atom. The Morgan fingerprint density at radius 2 is 1.53 bits per heavy atom. The molecule has 7 nitrogen and oxygen atoms in total. The predicted octanol–water partition coefficient (Wildman–Crippen LogP) is 11.1. The first-order valence-corrected chi connectivity index (χ1v) is 21.4. The average molecular weight is 757 g/mol. The number of anilines is 1. The van der Waals surface area contributed by atoms with E-state index in [0.29, 0.717) is 49.0 Å². The molecule has 5 saturated carbocycles. The molecule has 1 aromatic rings. The van der Waals surface area contributed by atoms with Gasteiger partial charge in [-0.2, -0.15) is 0 Å². The second kappa shape index (κ2) is 14.7. The number of nitrogens with one attached hydrogen (secondary N) is 2. The van der Waals surface area contributed by atoms with Crippen molar-refractivity contribution in [3.63, 3.8) is 0 Å². The summed E-state index contributed by atoms with van der Waals surface area (Å²) in [5.41, 5.74) is 3.31. The van der Waals surface area contributed by atoms with Crippen molar-refractivity contribution in [2.24, 2.45) is 62.1 Å². The van der Waals surface area contributed by atoms with Crippen molar-refractivity contribution in [2.75, 3.05) is 5.32 Å². The molecule has 55 heavy (non-hydrogen) atoms. The molecule has 0 spiro atoms. The van der Waals surface area contributed by atoms with Gasteiger partial charge in [-0.15, -0.1) is 0 Å². The van der Waals surface area contributed by atoms with Gasteiger partial charge < -0.3 is 20.5 Å². The smallest absolute Gasteiger partial charge is 0.303 e. The largest absolute Gasteiger partial charge is 0.495 e. The minimum atomic E-state index is -0.780. The van der Waals surface area contributed by atoms with Crippen LogP contribution in [0.25, 0.3) is 0 Å². The summed E-state index contributed by atoms with van der Waals surface area (Å²) < 4.78 is 6.73. The molecule has 0 aliphatic heterocycles. The topological polar surface area (TPSA) is 105 Å². The van der Waals surface area contributed by atoms with E-state index in [-0.39, 0.29) is 51.4 Å². The maximum atomic E-state index is 13.9. The number of hydrogen-bond donors (Lipinski definition) is 3. The number of carbonyl (C=O) groups is 3. The van der Waals surface area contributed by atoms with Crippen molar-refractivity contribution < 1.29 is 24.2 Å². The van der Waals surface area contributed by atoms with Crippen molar-refractivity contribution in [1.29, 1.82) is 0 Å². The highest BCUT2D eigenvalue weighted by Gasteiger charge is 2.71. The average Bonchev–Trinajstić information content (AvgIpc) is 3.44. The lowest BCUT2D eigenvalue weighted by atomic mass is 9.32. The van der Waals surface area contributed by atoms with Gasteiger partial charge in [-0.1, -0.05) is 79.3 Å². The van der Waals surface area contributed by atoms with Crippen molar-refractivity contribution in [3.05, 3.63) is 54.3 Å². The van der Waals surface area contributed by atoms with Crippen LogP contribution in [0.5, 0.6) is 0 Å². The molecule has 4 unspecified atom stereocenters.